The average molecular weight is 204 g/mol. The molecule has 1 aliphatic heterocycles. The first kappa shape index (κ1) is 10.2. The van der Waals surface area contributed by atoms with Crippen LogP contribution >= 0.6 is 0 Å². The summed E-state index contributed by atoms with van der Waals surface area (Å²) in [7, 11) is 0. The molecule has 0 fully saturated rings. The summed E-state index contributed by atoms with van der Waals surface area (Å²) in [5.41, 5.74) is 2.46. The Hall–Kier alpha value is -1.28. The number of rotatable bonds is 5. The maximum absolute atomic E-state index is 8.68. The molecule has 1 aliphatic carbocycles. The summed E-state index contributed by atoms with van der Waals surface area (Å²) in [6.45, 7) is 0.298. The van der Waals surface area contributed by atoms with E-state index >= 15 is 0 Å². The first-order valence-corrected chi connectivity index (χ1v) is 5.48. The normalized spacial score (nSPS) is 11.0. The summed E-state index contributed by atoms with van der Waals surface area (Å²) in [5.74, 6) is 1.02. The summed E-state index contributed by atoms with van der Waals surface area (Å²) in [4.78, 5) is 0. The van der Waals surface area contributed by atoms with E-state index in [-0.39, 0.29) is 0 Å². The van der Waals surface area contributed by atoms with Crippen molar-refractivity contribution in [2.45, 2.75) is 25.7 Å². The fourth-order valence-corrected chi connectivity index (χ4v) is 1.85. The third kappa shape index (κ3) is 2.39. The van der Waals surface area contributed by atoms with Crippen molar-refractivity contribution in [3.8, 4) is 11.3 Å². The lowest BCUT2D eigenvalue weighted by Gasteiger charge is -2.02. The molecule has 0 amide bonds. The van der Waals surface area contributed by atoms with Gasteiger partial charge in [0.2, 0.25) is 0 Å². The lowest BCUT2D eigenvalue weighted by atomic mass is 10.1. The van der Waals surface area contributed by atoms with Gasteiger partial charge in [-0.25, -0.2) is 0 Å². The van der Waals surface area contributed by atoms with Crippen LogP contribution in [0.2, 0.25) is 0 Å². The first-order valence-electron chi connectivity index (χ1n) is 5.48. The van der Waals surface area contributed by atoms with Gasteiger partial charge in [-0.2, -0.15) is 0 Å². The van der Waals surface area contributed by atoms with E-state index in [1.807, 2.05) is 6.07 Å². The Morgan fingerprint density at radius 3 is 2.87 bits per heavy atom. The zero-order chi connectivity index (χ0) is 10.5. The molecule has 0 aromatic rings. The van der Waals surface area contributed by atoms with Gasteiger partial charge in [-0.1, -0.05) is 18.6 Å². The van der Waals surface area contributed by atoms with Crippen LogP contribution in [0.4, 0.5) is 0 Å². The van der Waals surface area contributed by atoms with Gasteiger partial charge in [-0.3, -0.25) is 0 Å². The second kappa shape index (κ2) is 4.99. The number of fused-ring (bicyclic) bond motifs is 1. The summed E-state index contributed by atoms with van der Waals surface area (Å²) >= 11 is 0. The molecular weight excluding hydrogens is 188 g/mol. The minimum atomic E-state index is 0.298. The Labute approximate surface area is 89.9 Å². The Morgan fingerprint density at radius 2 is 2.00 bits per heavy atom. The highest BCUT2D eigenvalue weighted by Crippen LogP contribution is 2.28. The van der Waals surface area contributed by atoms with Gasteiger partial charge in [0.25, 0.3) is 0 Å². The van der Waals surface area contributed by atoms with Gasteiger partial charge in [-0.15, -0.1) is 0 Å². The predicted molar refractivity (Wildman–Crippen MR) is 60.0 cm³/mol. The van der Waals surface area contributed by atoms with Crippen molar-refractivity contribution in [2.75, 3.05) is 6.61 Å². The van der Waals surface area contributed by atoms with Gasteiger partial charge < -0.3 is 9.52 Å². The first-order chi connectivity index (χ1) is 7.42. The minimum absolute atomic E-state index is 0.298. The van der Waals surface area contributed by atoms with Crippen LogP contribution in [0.15, 0.2) is 34.9 Å². The number of aliphatic hydroxyl groups is 1. The van der Waals surface area contributed by atoms with Crippen LogP contribution in [-0.2, 0) is 6.42 Å². The molecule has 1 N–H and O–H groups in total. The van der Waals surface area contributed by atoms with Crippen molar-refractivity contribution in [3.05, 3.63) is 36.1 Å². The van der Waals surface area contributed by atoms with Gasteiger partial charge in [0.05, 0.1) is 6.26 Å². The van der Waals surface area contributed by atoms with E-state index in [9.17, 15) is 0 Å². The van der Waals surface area contributed by atoms with Gasteiger partial charge in [0.15, 0.2) is 0 Å². The lowest BCUT2D eigenvalue weighted by molar-refractivity contribution is 0.283. The van der Waals surface area contributed by atoms with Crippen molar-refractivity contribution >= 4 is 0 Å². The van der Waals surface area contributed by atoms with E-state index in [2.05, 4.69) is 18.2 Å². The van der Waals surface area contributed by atoms with Crippen LogP contribution in [0.25, 0.3) is 11.3 Å². The number of aliphatic hydroxyl groups excluding tert-OH is 1. The summed E-state index contributed by atoms with van der Waals surface area (Å²) in [6.07, 6.45) is 5.85. The molecule has 0 atom stereocenters. The monoisotopic (exact) mass is 204 g/mol. The van der Waals surface area contributed by atoms with E-state index in [1.165, 1.54) is 11.1 Å². The highest BCUT2D eigenvalue weighted by molar-refractivity contribution is 5.64. The summed E-state index contributed by atoms with van der Waals surface area (Å²) in [6, 6.07) is 8.21. The predicted octanol–water partition coefficient (Wildman–Crippen LogP) is 3.09. The molecule has 15 heavy (non-hydrogen) atoms. The molecule has 0 saturated heterocycles. The Morgan fingerprint density at radius 1 is 1.07 bits per heavy atom. The molecular formula is C13H16O2. The molecule has 0 aromatic carbocycles. The number of hydrogen-bond acceptors (Lipinski definition) is 2. The molecule has 2 nitrogen and oxygen atoms in total. The third-order valence-electron chi connectivity index (χ3n) is 2.66. The zero-order valence-corrected chi connectivity index (χ0v) is 8.78. The second-order valence-corrected chi connectivity index (χ2v) is 3.79. The standard InChI is InChI=1S/C13H16O2/c14-9-3-1-2-5-11-7-8-12-6-4-10-15-13(11)12/h4,6-8,10,14H,1-3,5,9H2. The molecule has 2 aliphatic rings. The van der Waals surface area contributed by atoms with E-state index in [0.29, 0.717) is 6.61 Å². The smallest absolute Gasteiger partial charge is 0.136 e. The number of hydrogen-bond donors (Lipinski definition) is 1. The van der Waals surface area contributed by atoms with Gasteiger partial charge >= 0.3 is 0 Å². The molecule has 0 bridgehead atoms. The summed E-state index contributed by atoms with van der Waals surface area (Å²) < 4.78 is 5.49. The van der Waals surface area contributed by atoms with Crippen LogP contribution < -0.4 is 0 Å². The number of aryl methyl sites for hydroxylation is 1. The molecule has 2 rings (SSSR count). The van der Waals surface area contributed by atoms with Crippen LogP contribution in [0, 0.1) is 0 Å². The molecule has 0 saturated carbocycles. The molecule has 1 heterocycles. The average Bonchev–Trinajstić information content (AvgIpc) is 2.68. The zero-order valence-electron chi connectivity index (χ0n) is 8.78. The maximum atomic E-state index is 8.68. The minimum Gasteiger partial charge on any atom is -0.464 e. The van der Waals surface area contributed by atoms with E-state index in [4.69, 9.17) is 9.52 Å². The molecule has 80 valence electrons. The maximum Gasteiger partial charge on any atom is 0.136 e. The second-order valence-electron chi connectivity index (χ2n) is 3.79. The molecule has 0 aromatic heterocycles. The van der Waals surface area contributed by atoms with Crippen LogP contribution in [0.1, 0.15) is 24.8 Å². The van der Waals surface area contributed by atoms with Crippen LogP contribution in [0.3, 0.4) is 0 Å². The van der Waals surface area contributed by atoms with E-state index < -0.39 is 0 Å². The van der Waals surface area contributed by atoms with E-state index in [1.54, 1.807) is 6.26 Å². The van der Waals surface area contributed by atoms with Crippen molar-refractivity contribution in [3.63, 3.8) is 0 Å². The third-order valence-corrected chi connectivity index (χ3v) is 2.66. The molecule has 0 unspecified atom stereocenters. The lowest BCUT2D eigenvalue weighted by Crippen LogP contribution is -1.88. The van der Waals surface area contributed by atoms with Gasteiger partial charge in [0, 0.05) is 12.2 Å². The highest BCUT2D eigenvalue weighted by Gasteiger charge is 2.10. The van der Waals surface area contributed by atoms with Crippen molar-refractivity contribution in [2.24, 2.45) is 0 Å². The van der Waals surface area contributed by atoms with Crippen molar-refractivity contribution < 1.29 is 9.52 Å². The summed E-state index contributed by atoms with van der Waals surface area (Å²) in [5, 5.41) is 8.68. The number of unbranched alkanes of at least 4 members (excludes halogenated alkanes) is 2. The van der Waals surface area contributed by atoms with Gasteiger partial charge in [0.1, 0.15) is 5.76 Å². The fourth-order valence-electron chi connectivity index (χ4n) is 1.85. The Balaban J connectivity index is 1.97. The molecule has 2 heteroatoms. The van der Waals surface area contributed by atoms with Crippen LogP contribution in [-0.4, -0.2) is 11.7 Å². The fraction of sp³-hybridized carbons (Fsp3) is 0.385. The van der Waals surface area contributed by atoms with Gasteiger partial charge in [-0.05, 0) is 37.0 Å². The highest BCUT2D eigenvalue weighted by atomic mass is 16.3. The van der Waals surface area contributed by atoms with Crippen LogP contribution in [0.5, 0.6) is 0 Å². The largest absolute Gasteiger partial charge is 0.464 e. The topological polar surface area (TPSA) is 33.4 Å². The Bertz CT molecular complexity index is 378. The molecule has 0 radical (unpaired) electrons. The Kier molecular flexibility index (Phi) is 3.41. The molecule has 0 spiro atoms. The SMILES string of the molecule is OCCCCCc1ccc2cccoc1-2. The quantitative estimate of drug-likeness (QED) is 0.759. The van der Waals surface area contributed by atoms with Crippen molar-refractivity contribution in [1.29, 1.82) is 0 Å². The van der Waals surface area contributed by atoms with E-state index in [0.717, 1.165) is 31.4 Å². The van der Waals surface area contributed by atoms with Crippen molar-refractivity contribution in [1.82, 2.24) is 0 Å².